The van der Waals surface area contributed by atoms with E-state index in [9.17, 15) is 19.2 Å². The molecule has 3 saturated heterocycles. The first kappa shape index (κ1) is 24.0. The number of imide groups is 2. The summed E-state index contributed by atoms with van der Waals surface area (Å²) in [6, 6.07) is 12.6. The van der Waals surface area contributed by atoms with Crippen molar-refractivity contribution in [3.05, 3.63) is 48.5 Å². The van der Waals surface area contributed by atoms with E-state index < -0.39 is 12.1 Å². The van der Waals surface area contributed by atoms with Crippen LogP contribution >= 0.6 is 0 Å². The molecule has 0 spiro atoms. The maximum absolute atomic E-state index is 13.2. The average molecular weight is 493 g/mol. The predicted octanol–water partition coefficient (Wildman–Crippen LogP) is 1.29. The highest BCUT2D eigenvalue weighted by atomic mass is 16.5. The molecule has 3 aliphatic heterocycles. The van der Waals surface area contributed by atoms with Crippen LogP contribution in [0.4, 0.5) is 11.4 Å². The minimum Gasteiger partial charge on any atom is -0.497 e. The summed E-state index contributed by atoms with van der Waals surface area (Å²) >= 11 is 0. The van der Waals surface area contributed by atoms with Gasteiger partial charge in [-0.15, -0.1) is 0 Å². The molecule has 0 radical (unpaired) electrons. The van der Waals surface area contributed by atoms with Crippen LogP contribution in [0.25, 0.3) is 0 Å². The molecule has 3 fully saturated rings. The van der Waals surface area contributed by atoms with E-state index in [2.05, 4.69) is 0 Å². The fourth-order valence-electron chi connectivity index (χ4n) is 5.17. The monoisotopic (exact) mass is 492 g/mol. The number of amides is 4. The molecule has 2 aromatic carbocycles. The van der Waals surface area contributed by atoms with Gasteiger partial charge in [-0.05, 0) is 48.5 Å². The highest BCUT2D eigenvalue weighted by molar-refractivity contribution is 6.23. The zero-order valence-electron chi connectivity index (χ0n) is 20.3. The maximum Gasteiger partial charge on any atom is 0.251 e. The van der Waals surface area contributed by atoms with Gasteiger partial charge in [0.15, 0.2) is 0 Å². The molecular weight excluding hydrogens is 464 g/mol. The van der Waals surface area contributed by atoms with Crippen LogP contribution in [0.15, 0.2) is 48.5 Å². The summed E-state index contributed by atoms with van der Waals surface area (Å²) in [6.45, 7) is 2.11. The van der Waals surface area contributed by atoms with Crippen molar-refractivity contribution < 1.29 is 28.7 Å². The fraction of sp³-hybridized carbons (Fsp3) is 0.385. The SMILES string of the molecule is COc1ccc(N2C(=O)C[C@@H](N3CCN([C@@H]4CC(=O)N(c5ccc(OC)cc5)C4=O)CC3)C2=O)cc1. The summed E-state index contributed by atoms with van der Waals surface area (Å²) in [4.78, 5) is 58.2. The Morgan fingerprint density at radius 2 is 0.917 bits per heavy atom. The van der Waals surface area contributed by atoms with E-state index in [1.165, 1.54) is 9.80 Å². The molecule has 3 heterocycles. The van der Waals surface area contributed by atoms with Gasteiger partial charge in [-0.3, -0.25) is 29.0 Å². The number of carbonyl (C=O) groups is 4. The van der Waals surface area contributed by atoms with Crippen molar-refractivity contribution in [2.24, 2.45) is 0 Å². The van der Waals surface area contributed by atoms with Crippen molar-refractivity contribution in [2.75, 3.05) is 50.2 Å². The highest BCUT2D eigenvalue weighted by Gasteiger charge is 2.46. The number of hydrogen-bond donors (Lipinski definition) is 0. The van der Waals surface area contributed by atoms with E-state index in [0.29, 0.717) is 49.1 Å². The molecule has 0 aromatic heterocycles. The minimum absolute atomic E-state index is 0.122. The third-order valence-corrected chi connectivity index (χ3v) is 7.14. The van der Waals surface area contributed by atoms with Gasteiger partial charge in [0, 0.05) is 26.2 Å². The molecule has 0 N–H and O–H groups in total. The summed E-state index contributed by atoms with van der Waals surface area (Å²) in [5.41, 5.74) is 1.06. The van der Waals surface area contributed by atoms with Crippen LogP contribution in [0.1, 0.15) is 12.8 Å². The molecule has 0 unspecified atom stereocenters. The topological polar surface area (TPSA) is 99.7 Å². The molecule has 0 bridgehead atoms. The van der Waals surface area contributed by atoms with Gasteiger partial charge in [0.1, 0.15) is 11.5 Å². The van der Waals surface area contributed by atoms with Gasteiger partial charge in [-0.1, -0.05) is 0 Å². The molecule has 4 amide bonds. The Morgan fingerprint density at radius 3 is 1.22 bits per heavy atom. The minimum atomic E-state index is -0.529. The Kier molecular flexibility index (Phi) is 6.46. The van der Waals surface area contributed by atoms with Crippen LogP contribution in [-0.4, -0.2) is 85.9 Å². The number of hydrogen-bond acceptors (Lipinski definition) is 8. The lowest BCUT2D eigenvalue weighted by molar-refractivity contribution is -0.126. The van der Waals surface area contributed by atoms with E-state index in [1.54, 1.807) is 62.8 Å². The smallest absolute Gasteiger partial charge is 0.251 e. The molecule has 10 heteroatoms. The number of carbonyl (C=O) groups excluding carboxylic acids is 4. The van der Waals surface area contributed by atoms with Gasteiger partial charge in [0.25, 0.3) is 11.8 Å². The van der Waals surface area contributed by atoms with Crippen molar-refractivity contribution >= 4 is 35.0 Å². The van der Waals surface area contributed by atoms with Crippen molar-refractivity contribution in [3.63, 3.8) is 0 Å². The summed E-state index contributed by atoms with van der Waals surface area (Å²) in [6.07, 6.45) is 0.244. The van der Waals surface area contributed by atoms with Crippen LogP contribution in [0.2, 0.25) is 0 Å². The summed E-state index contributed by atoms with van der Waals surface area (Å²) in [5, 5.41) is 0. The summed E-state index contributed by atoms with van der Waals surface area (Å²) < 4.78 is 10.3. The largest absolute Gasteiger partial charge is 0.497 e. The molecule has 2 aromatic rings. The van der Waals surface area contributed by atoms with Gasteiger partial charge in [0.05, 0.1) is 50.5 Å². The number of methoxy groups -OCH3 is 2. The van der Waals surface area contributed by atoms with E-state index in [4.69, 9.17) is 9.47 Å². The van der Waals surface area contributed by atoms with Crippen LogP contribution in [0.5, 0.6) is 11.5 Å². The second-order valence-electron chi connectivity index (χ2n) is 9.04. The zero-order valence-corrected chi connectivity index (χ0v) is 20.3. The van der Waals surface area contributed by atoms with Gasteiger partial charge in [-0.2, -0.15) is 0 Å². The van der Waals surface area contributed by atoms with Crippen molar-refractivity contribution in [1.29, 1.82) is 0 Å². The second kappa shape index (κ2) is 9.71. The molecular formula is C26H28N4O6. The van der Waals surface area contributed by atoms with Crippen LogP contribution in [-0.2, 0) is 19.2 Å². The lowest BCUT2D eigenvalue weighted by Gasteiger charge is -2.38. The molecule has 36 heavy (non-hydrogen) atoms. The standard InChI is InChI=1S/C26H28N4O6/c1-35-19-7-3-17(4-8-19)29-23(31)15-21(25(29)33)27-11-13-28(14-12-27)22-16-24(32)30(26(22)34)18-5-9-20(36-2)10-6-18/h3-10,21-22H,11-16H2,1-2H3/t21-,22-/m1/s1. The van der Waals surface area contributed by atoms with Gasteiger partial charge >= 0.3 is 0 Å². The Balaban J connectivity index is 1.21. The highest BCUT2D eigenvalue weighted by Crippen LogP contribution is 2.30. The van der Waals surface area contributed by atoms with E-state index >= 15 is 0 Å². The fourth-order valence-corrected chi connectivity index (χ4v) is 5.17. The summed E-state index contributed by atoms with van der Waals surface area (Å²) in [7, 11) is 3.12. The quantitative estimate of drug-likeness (QED) is 0.557. The predicted molar refractivity (Wildman–Crippen MR) is 131 cm³/mol. The molecule has 10 nitrogen and oxygen atoms in total. The van der Waals surface area contributed by atoms with Crippen molar-refractivity contribution in [3.8, 4) is 11.5 Å². The summed E-state index contributed by atoms with van der Waals surface area (Å²) in [5.74, 6) is 0.355. The van der Waals surface area contributed by atoms with Crippen molar-refractivity contribution in [2.45, 2.75) is 24.9 Å². The first-order valence-electron chi connectivity index (χ1n) is 11.9. The second-order valence-corrected chi connectivity index (χ2v) is 9.04. The maximum atomic E-state index is 13.2. The van der Waals surface area contributed by atoms with Crippen molar-refractivity contribution in [1.82, 2.24) is 9.80 Å². The normalized spacial score (nSPS) is 23.6. The number of rotatable bonds is 6. The zero-order chi connectivity index (χ0) is 25.4. The molecule has 3 aliphatic rings. The third kappa shape index (κ3) is 4.22. The van der Waals surface area contributed by atoms with Gasteiger partial charge < -0.3 is 9.47 Å². The van der Waals surface area contributed by atoms with Crippen LogP contribution in [0, 0.1) is 0 Å². The van der Waals surface area contributed by atoms with E-state index in [0.717, 1.165) is 0 Å². The number of anilines is 2. The third-order valence-electron chi connectivity index (χ3n) is 7.14. The number of nitrogens with zero attached hydrogens (tertiary/aromatic N) is 4. The first-order valence-corrected chi connectivity index (χ1v) is 11.9. The molecule has 5 rings (SSSR count). The molecule has 0 saturated carbocycles. The van der Waals surface area contributed by atoms with Gasteiger partial charge in [0.2, 0.25) is 11.8 Å². The lowest BCUT2D eigenvalue weighted by Crippen LogP contribution is -2.56. The molecule has 0 aliphatic carbocycles. The van der Waals surface area contributed by atoms with Gasteiger partial charge in [-0.25, -0.2) is 9.80 Å². The Morgan fingerprint density at radius 1 is 0.583 bits per heavy atom. The Hall–Kier alpha value is -3.76. The number of piperazine rings is 1. The molecule has 2 atom stereocenters. The van der Waals surface area contributed by atoms with E-state index in [-0.39, 0.29) is 36.5 Å². The lowest BCUT2D eigenvalue weighted by atomic mass is 10.1. The number of ether oxygens (including phenoxy) is 2. The number of benzene rings is 2. The Labute approximate surface area is 208 Å². The average Bonchev–Trinajstić information content (AvgIpc) is 3.38. The first-order chi connectivity index (χ1) is 17.4. The van der Waals surface area contributed by atoms with Crippen LogP contribution in [0.3, 0.4) is 0 Å². The van der Waals surface area contributed by atoms with E-state index in [1.807, 2.05) is 9.80 Å². The molecule has 188 valence electrons. The Bertz CT molecular complexity index is 1080. The van der Waals surface area contributed by atoms with Crippen LogP contribution < -0.4 is 19.3 Å².